The Bertz CT molecular complexity index is 736. The monoisotopic (exact) mass is 344 g/mol. The van der Waals surface area contributed by atoms with Gasteiger partial charge in [-0.05, 0) is 38.1 Å². The van der Waals surface area contributed by atoms with Gasteiger partial charge in [-0.25, -0.2) is 9.37 Å². The average molecular weight is 344 g/mol. The third-order valence-corrected chi connectivity index (χ3v) is 4.43. The lowest BCUT2D eigenvalue weighted by Gasteiger charge is -2.19. The second-order valence-corrected chi connectivity index (χ2v) is 6.38. The lowest BCUT2D eigenvalue weighted by molar-refractivity contribution is 0.616. The van der Waals surface area contributed by atoms with Crippen LogP contribution in [0.15, 0.2) is 24.3 Å². The van der Waals surface area contributed by atoms with Crippen molar-refractivity contribution in [3.05, 3.63) is 35.8 Å². The standard InChI is InChI=1S/C18H25FN6/c1-3-4-13-10-17(25-8-7-14(11-25)21-2)24-18(22-13)23-16-9-12(20)5-6-15(16)19/h5-6,9-10,14,21H,3-4,7-8,11,20H2,1-2H3,(H,22,23,24)/t14-/m0/s1. The van der Waals surface area contributed by atoms with Gasteiger partial charge in [-0.2, -0.15) is 4.98 Å². The third kappa shape index (κ3) is 4.17. The maximum absolute atomic E-state index is 14.0. The molecule has 1 atom stereocenters. The summed E-state index contributed by atoms with van der Waals surface area (Å²) in [6, 6.07) is 6.92. The number of nitrogens with one attached hydrogen (secondary N) is 2. The van der Waals surface area contributed by atoms with Crippen molar-refractivity contribution in [1.29, 1.82) is 0 Å². The number of benzene rings is 1. The number of aromatic nitrogens is 2. The smallest absolute Gasteiger partial charge is 0.229 e. The number of halogens is 1. The van der Waals surface area contributed by atoms with Crippen LogP contribution in [0.25, 0.3) is 0 Å². The Kier molecular flexibility index (Phi) is 5.33. The summed E-state index contributed by atoms with van der Waals surface area (Å²) in [5.41, 5.74) is 7.48. The van der Waals surface area contributed by atoms with E-state index in [1.165, 1.54) is 12.1 Å². The van der Waals surface area contributed by atoms with Gasteiger partial charge < -0.3 is 21.3 Å². The number of likely N-dealkylation sites (N-methyl/N-ethyl adjacent to an activating group) is 1. The van der Waals surface area contributed by atoms with Crippen LogP contribution >= 0.6 is 0 Å². The van der Waals surface area contributed by atoms with E-state index in [1.54, 1.807) is 6.07 Å². The molecule has 7 heteroatoms. The molecule has 2 aromatic rings. The van der Waals surface area contributed by atoms with Crippen molar-refractivity contribution in [3.63, 3.8) is 0 Å². The number of nitrogen functional groups attached to an aromatic ring is 1. The SMILES string of the molecule is CCCc1cc(N2CC[C@H](NC)C2)nc(Nc2cc(N)ccc2F)n1. The number of aryl methyl sites for hydroxylation is 1. The van der Waals surface area contributed by atoms with Gasteiger partial charge >= 0.3 is 0 Å². The van der Waals surface area contributed by atoms with Crippen LogP contribution in [-0.4, -0.2) is 36.1 Å². The fourth-order valence-corrected chi connectivity index (χ4v) is 3.05. The number of nitrogens with zero attached hydrogens (tertiary/aromatic N) is 3. The zero-order valence-electron chi connectivity index (χ0n) is 14.7. The Hall–Kier alpha value is -2.41. The molecule has 1 aromatic carbocycles. The molecule has 25 heavy (non-hydrogen) atoms. The van der Waals surface area contributed by atoms with Crippen molar-refractivity contribution < 1.29 is 4.39 Å². The molecule has 2 heterocycles. The normalized spacial score (nSPS) is 17.1. The summed E-state index contributed by atoms with van der Waals surface area (Å²) in [6.07, 6.45) is 2.92. The Morgan fingerprint density at radius 2 is 2.16 bits per heavy atom. The molecule has 0 spiro atoms. The van der Waals surface area contributed by atoms with E-state index >= 15 is 0 Å². The summed E-state index contributed by atoms with van der Waals surface area (Å²) in [5, 5.41) is 6.29. The molecule has 1 aliphatic rings. The molecule has 0 saturated carbocycles. The minimum Gasteiger partial charge on any atom is -0.399 e. The number of anilines is 4. The third-order valence-electron chi connectivity index (χ3n) is 4.43. The van der Waals surface area contributed by atoms with Gasteiger partial charge in [0.25, 0.3) is 0 Å². The van der Waals surface area contributed by atoms with Gasteiger partial charge in [-0.15, -0.1) is 0 Å². The fraction of sp³-hybridized carbons (Fsp3) is 0.444. The first kappa shape index (κ1) is 17.4. The van der Waals surface area contributed by atoms with Gasteiger partial charge in [0.15, 0.2) is 0 Å². The van der Waals surface area contributed by atoms with Gasteiger partial charge in [0.05, 0.1) is 5.69 Å². The Labute approximate surface area is 147 Å². The van der Waals surface area contributed by atoms with E-state index in [1.807, 2.05) is 13.1 Å². The van der Waals surface area contributed by atoms with Crippen molar-refractivity contribution in [1.82, 2.24) is 15.3 Å². The average Bonchev–Trinajstić information content (AvgIpc) is 3.07. The van der Waals surface area contributed by atoms with E-state index in [2.05, 4.69) is 32.4 Å². The molecule has 1 fully saturated rings. The van der Waals surface area contributed by atoms with E-state index < -0.39 is 0 Å². The molecule has 4 N–H and O–H groups in total. The molecule has 0 bridgehead atoms. The minimum absolute atomic E-state index is 0.286. The van der Waals surface area contributed by atoms with E-state index in [-0.39, 0.29) is 11.5 Å². The predicted octanol–water partition coefficient (Wildman–Crippen LogP) is 2.69. The molecular weight excluding hydrogens is 319 g/mol. The highest BCUT2D eigenvalue weighted by molar-refractivity contribution is 5.61. The summed E-state index contributed by atoms with van der Waals surface area (Å²) in [5.74, 6) is 0.901. The van der Waals surface area contributed by atoms with E-state index in [0.717, 1.165) is 43.9 Å². The molecule has 0 radical (unpaired) electrons. The molecule has 0 unspecified atom stereocenters. The van der Waals surface area contributed by atoms with Crippen LogP contribution < -0.4 is 21.3 Å². The van der Waals surface area contributed by atoms with Gasteiger partial charge in [-0.3, -0.25) is 0 Å². The number of hydrogen-bond donors (Lipinski definition) is 3. The summed E-state index contributed by atoms with van der Waals surface area (Å²) in [7, 11) is 1.98. The van der Waals surface area contributed by atoms with E-state index in [0.29, 0.717) is 17.7 Å². The topological polar surface area (TPSA) is 79.1 Å². The molecule has 0 aliphatic carbocycles. The van der Waals surface area contributed by atoms with Crippen LogP contribution in [-0.2, 0) is 6.42 Å². The molecule has 1 aromatic heterocycles. The van der Waals surface area contributed by atoms with Crippen molar-refractivity contribution >= 4 is 23.1 Å². The summed E-state index contributed by atoms with van der Waals surface area (Å²) >= 11 is 0. The van der Waals surface area contributed by atoms with Gasteiger partial charge in [0.1, 0.15) is 11.6 Å². The van der Waals surface area contributed by atoms with Crippen molar-refractivity contribution in [3.8, 4) is 0 Å². The summed E-state index contributed by atoms with van der Waals surface area (Å²) < 4.78 is 14.0. The molecule has 0 amide bonds. The zero-order chi connectivity index (χ0) is 17.8. The summed E-state index contributed by atoms with van der Waals surface area (Å²) in [4.78, 5) is 11.4. The molecule has 6 nitrogen and oxygen atoms in total. The fourth-order valence-electron chi connectivity index (χ4n) is 3.05. The number of hydrogen-bond acceptors (Lipinski definition) is 6. The molecule has 134 valence electrons. The first-order valence-electron chi connectivity index (χ1n) is 8.71. The molecule has 1 aliphatic heterocycles. The first-order chi connectivity index (χ1) is 12.1. The highest BCUT2D eigenvalue weighted by atomic mass is 19.1. The van der Waals surface area contributed by atoms with Crippen LogP contribution in [0.1, 0.15) is 25.5 Å². The van der Waals surface area contributed by atoms with Gasteiger partial charge in [-0.1, -0.05) is 13.3 Å². The number of nitrogens with two attached hydrogens (primary N) is 1. The second-order valence-electron chi connectivity index (χ2n) is 6.38. The lowest BCUT2D eigenvalue weighted by atomic mass is 10.2. The highest BCUT2D eigenvalue weighted by Gasteiger charge is 2.23. The van der Waals surface area contributed by atoms with Crippen molar-refractivity contribution in [2.45, 2.75) is 32.2 Å². The number of rotatable bonds is 6. The predicted molar refractivity (Wildman–Crippen MR) is 99.8 cm³/mol. The van der Waals surface area contributed by atoms with Crippen LogP contribution in [0.4, 0.5) is 27.5 Å². The Morgan fingerprint density at radius 3 is 2.88 bits per heavy atom. The van der Waals surface area contributed by atoms with Crippen LogP contribution in [0.2, 0.25) is 0 Å². The highest BCUT2D eigenvalue weighted by Crippen LogP contribution is 2.24. The van der Waals surface area contributed by atoms with Crippen LogP contribution in [0.5, 0.6) is 0 Å². The van der Waals surface area contributed by atoms with Crippen LogP contribution in [0, 0.1) is 5.82 Å². The van der Waals surface area contributed by atoms with Crippen molar-refractivity contribution in [2.24, 2.45) is 0 Å². The van der Waals surface area contributed by atoms with Crippen LogP contribution in [0.3, 0.4) is 0 Å². The van der Waals surface area contributed by atoms with Gasteiger partial charge in [0, 0.05) is 36.6 Å². The van der Waals surface area contributed by atoms with Crippen molar-refractivity contribution in [2.75, 3.05) is 36.1 Å². The largest absolute Gasteiger partial charge is 0.399 e. The van der Waals surface area contributed by atoms with Gasteiger partial charge in [0.2, 0.25) is 5.95 Å². The lowest BCUT2D eigenvalue weighted by Crippen LogP contribution is -2.30. The Morgan fingerprint density at radius 1 is 1.32 bits per heavy atom. The van der Waals surface area contributed by atoms with E-state index in [4.69, 9.17) is 5.73 Å². The second kappa shape index (κ2) is 7.65. The maximum atomic E-state index is 14.0. The summed E-state index contributed by atoms with van der Waals surface area (Å²) in [6.45, 7) is 3.96. The molecule has 3 rings (SSSR count). The molecule has 1 saturated heterocycles. The maximum Gasteiger partial charge on any atom is 0.229 e. The molecular formula is C18H25FN6. The van der Waals surface area contributed by atoms with E-state index in [9.17, 15) is 4.39 Å². The quantitative estimate of drug-likeness (QED) is 0.699. The Balaban J connectivity index is 1.89. The minimum atomic E-state index is -0.378. The zero-order valence-corrected chi connectivity index (χ0v) is 14.7. The first-order valence-corrected chi connectivity index (χ1v) is 8.71.